The van der Waals surface area contributed by atoms with E-state index >= 15 is 0 Å². The van der Waals surface area contributed by atoms with E-state index in [2.05, 4.69) is 45.1 Å². The predicted molar refractivity (Wildman–Crippen MR) is 83.8 cm³/mol. The summed E-state index contributed by atoms with van der Waals surface area (Å²) in [5, 5.41) is 3.76. The maximum atomic E-state index is 3.76. The molecule has 1 saturated carbocycles. The summed E-state index contributed by atoms with van der Waals surface area (Å²) in [4.78, 5) is 0. The average molecular weight is 259 g/mol. The quantitative estimate of drug-likeness (QED) is 0.769. The summed E-state index contributed by atoms with van der Waals surface area (Å²) in [7, 11) is 0. The fraction of sp³-hybridized carbons (Fsp3) is 0.667. The van der Waals surface area contributed by atoms with Gasteiger partial charge in [-0.05, 0) is 69.2 Å². The van der Waals surface area contributed by atoms with Crippen molar-refractivity contribution >= 4 is 0 Å². The standard InChI is InChI=1S/C18H29N/c1-5-8-19-17(11-16-6-7-16)12-18-14(3)9-13(2)10-15(18)4/h9-10,16-17,19H,5-8,11-12H2,1-4H3. The van der Waals surface area contributed by atoms with Crippen molar-refractivity contribution in [1.82, 2.24) is 5.32 Å². The highest BCUT2D eigenvalue weighted by Gasteiger charge is 2.25. The van der Waals surface area contributed by atoms with Crippen LogP contribution in [0.15, 0.2) is 12.1 Å². The first-order valence-electron chi connectivity index (χ1n) is 7.90. The zero-order chi connectivity index (χ0) is 13.8. The van der Waals surface area contributed by atoms with Crippen LogP contribution < -0.4 is 5.32 Å². The Hall–Kier alpha value is -0.820. The lowest BCUT2D eigenvalue weighted by Crippen LogP contribution is -2.32. The number of benzene rings is 1. The first-order valence-corrected chi connectivity index (χ1v) is 7.90. The topological polar surface area (TPSA) is 12.0 Å². The summed E-state index contributed by atoms with van der Waals surface area (Å²) in [6.07, 6.45) is 6.71. The lowest BCUT2D eigenvalue weighted by Gasteiger charge is -2.21. The van der Waals surface area contributed by atoms with Crippen LogP contribution in [0.5, 0.6) is 0 Å². The molecular formula is C18H29N. The summed E-state index contributed by atoms with van der Waals surface area (Å²) in [6, 6.07) is 5.33. The van der Waals surface area contributed by atoms with Crippen molar-refractivity contribution < 1.29 is 0 Å². The summed E-state index contributed by atoms with van der Waals surface area (Å²) < 4.78 is 0. The van der Waals surface area contributed by atoms with Gasteiger partial charge in [0.1, 0.15) is 0 Å². The highest BCUT2D eigenvalue weighted by Crippen LogP contribution is 2.34. The van der Waals surface area contributed by atoms with E-state index in [1.807, 2.05) is 0 Å². The molecule has 19 heavy (non-hydrogen) atoms. The first kappa shape index (κ1) is 14.6. The maximum absolute atomic E-state index is 3.76. The molecule has 1 aliphatic rings. The highest BCUT2D eigenvalue weighted by atomic mass is 14.9. The first-order chi connectivity index (χ1) is 9.10. The van der Waals surface area contributed by atoms with Gasteiger partial charge in [0.05, 0.1) is 0 Å². The molecule has 0 aromatic heterocycles. The van der Waals surface area contributed by atoms with Gasteiger partial charge in [0, 0.05) is 6.04 Å². The molecule has 0 saturated heterocycles. The molecule has 0 radical (unpaired) electrons. The Bertz CT molecular complexity index is 395. The van der Waals surface area contributed by atoms with Crippen molar-refractivity contribution in [2.24, 2.45) is 5.92 Å². The van der Waals surface area contributed by atoms with Crippen molar-refractivity contribution in [3.63, 3.8) is 0 Å². The minimum atomic E-state index is 0.674. The second kappa shape index (κ2) is 6.56. The second-order valence-corrected chi connectivity index (χ2v) is 6.41. The molecule has 2 rings (SSSR count). The zero-order valence-corrected chi connectivity index (χ0v) is 13.1. The number of hydrogen-bond donors (Lipinski definition) is 1. The fourth-order valence-electron chi connectivity index (χ4n) is 3.12. The molecule has 1 heteroatoms. The van der Waals surface area contributed by atoms with Crippen LogP contribution in [0.1, 0.15) is 54.9 Å². The van der Waals surface area contributed by atoms with Gasteiger partial charge in [0.25, 0.3) is 0 Å². The van der Waals surface area contributed by atoms with E-state index in [1.54, 1.807) is 5.56 Å². The van der Waals surface area contributed by atoms with Crippen LogP contribution >= 0.6 is 0 Å². The van der Waals surface area contributed by atoms with Crippen molar-refractivity contribution in [2.75, 3.05) is 6.54 Å². The minimum absolute atomic E-state index is 0.674. The number of nitrogens with one attached hydrogen (secondary N) is 1. The molecule has 1 aromatic rings. The normalized spacial score (nSPS) is 16.6. The van der Waals surface area contributed by atoms with Gasteiger partial charge >= 0.3 is 0 Å². The number of hydrogen-bond acceptors (Lipinski definition) is 1. The largest absolute Gasteiger partial charge is 0.314 e. The van der Waals surface area contributed by atoms with E-state index in [9.17, 15) is 0 Å². The molecule has 0 aliphatic heterocycles. The van der Waals surface area contributed by atoms with Crippen LogP contribution in [0.25, 0.3) is 0 Å². The third kappa shape index (κ3) is 4.35. The summed E-state index contributed by atoms with van der Waals surface area (Å²) in [6.45, 7) is 10.1. The minimum Gasteiger partial charge on any atom is -0.314 e. The van der Waals surface area contributed by atoms with Gasteiger partial charge in [-0.1, -0.05) is 37.5 Å². The molecule has 1 atom stereocenters. The van der Waals surface area contributed by atoms with Gasteiger partial charge < -0.3 is 5.32 Å². The Morgan fingerprint density at radius 1 is 1.16 bits per heavy atom. The van der Waals surface area contributed by atoms with Crippen LogP contribution in [0.2, 0.25) is 0 Å². The van der Waals surface area contributed by atoms with Crippen LogP contribution in [0.3, 0.4) is 0 Å². The van der Waals surface area contributed by atoms with Crippen LogP contribution in [-0.4, -0.2) is 12.6 Å². The third-order valence-electron chi connectivity index (χ3n) is 4.29. The molecule has 1 unspecified atom stereocenters. The monoisotopic (exact) mass is 259 g/mol. The molecule has 1 nitrogen and oxygen atoms in total. The van der Waals surface area contributed by atoms with Gasteiger partial charge in [-0.25, -0.2) is 0 Å². The molecule has 106 valence electrons. The molecular weight excluding hydrogens is 230 g/mol. The molecule has 0 bridgehead atoms. The van der Waals surface area contributed by atoms with Crippen LogP contribution in [-0.2, 0) is 6.42 Å². The van der Waals surface area contributed by atoms with Gasteiger partial charge in [-0.15, -0.1) is 0 Å². The zero-order valence-electron chi connectivity index (χ0n) is 13.1. The molecule has 0 spiro atoms. The summed E-state index contributed by atoms with van der Waals surface area (Å²) >= 11 is 0. The Balaban J connectivity index is 2.06. The lowest BCUT2D eigenvalue weighted by molar-refractivity contribution is 0.453. The summed E-state index contributed by atoms with van der Waals surface area (Å²) in [5.74, 6) is 1.00. The van der Waals surface area contributed by atoms with Crippen LogP contribution in [0, 0.1) is 26.7 Å². The van der Waals surface area contributed by atoms with E-state index in [4.69, 9.17) is 0 Å². The van der Waals surface area contributed by atoms with Gasteiger partial charge in [-0.2, -0.15) is 0 Å². The van der Waals surface area contributed by atoms with Crippen molar-refractivity contribution in [2.45, 2.75) is 65.8 Å². The van der Waals surface area contributed by atoms with Gasteiger partial charge in [0.15, 0.2) is 0 Å². The molecule has 0 amide bonds. The van der Waals surface area contributed by atoms with E-state index in [1.165, 1.54) is 48.8 Å². The van der Waals surface area contributed by atoms with E-state index < -0.39 is 0 Å². The fourth-order valence-corrected chi connectivity index (χ4v) is 3.12. The van der Waals surface area contributed by atoms with Crippen molar-refractivity contribution in [1.29, 1.82) is 0 Å². The number of aryl methyl sites for hydroxylation is 3. The SMILES string of the molecule is CCCNC(Cc1c(C)cc(C)cc1C)CC1CC1. The molecule has 1 N–H and O–H groups in total. The second-order valence-electron chi connectivity index (χ2n) is 6.41. The Morgan fingerprint density at radius 3 is 2.32 bits per heavy atom. The van der Waals surface area contributed by atoms with Gasteiger partial charge in [-0.3, -0.25) is 0 Å². The maximum Gasteiger partial charge on any atom is 0.0110 e. The predicted octanol–water partition coefficient (Wildman–Crippen LogP) is 4.32. The highest BCUT2D eigenvalue weighted by molar-refractivity contribution is 5.38. The lowest BCUT2D eigenvalue weighted by atomic mass is 9.92. The molecule has 0 heterocycles. The van der Waals surface area contributed by atoms with Crippen LogP contribution in [0.4, 0.5) is 0 Å². The Morgan fingerprint density at radius 2 is 1.79 bits per heavy atom. The smallest absolute Gasteiger partial charge is 0.0110 e. The molecule has 1 fully saturated rings. The Labute approximate surface area is 118 Å². The third-order valence-corrected chi connectivity index (χ3v) is 4.29. The average Bonchev–Trinajstić information content (AvgIpc) is 3.14. The molecule has 1 aliphatic carbocycles. The Kier molecular flexibility index (Phi) is 5.04. The summed E-state index contributed by atoms with van der Waals surface area (Å²) in [5.41, 5.74) is 5.90. The van der Waals surface area contributed by atoms with Crippen molar-refractivity contribution in [3.8, 4) is 0 Å². The number of rotatable bonds is 7. The molecule has 1 aromatic carbocycles. The van der Waals surface area contributed by atoms with E-state index in [0.29, 0.717) is 6.04 Å². The van der Waals surface area contributed by atoms with Gasteiger partial charge in [0.2, 0.25) is 0 Å². The van der Waals surface area contributed by atoms with E-state index in [0.717, 1.165) is 12.5 Å². The van der Waals surface area contributed by atoms with E-state index in [-0.39, 0.29) is 0 Å². The van der Waals surface area contributed by atoms with Crippen molar-refractivity contribution in [3.05, 3.63) is 34.4 Å².